The maximum absolute atomic E-state index is 13.2. The Morgan fingerprint density at radius 2 is 1.57 bits per heavy atom. The maximum Gasteiger partial charge on any atom is 0.278 e. The van der Waals surface area contributed by atoms with Gasteiger partial charge in [-0.2, -0.15) is 0 Å². The summed E-state index contributed by atoms with van der Waals surface area (Å²) < 4.78 is 5.43. The molecular formula is C23H26N2O3. The molecule has 0 atom stereocenters. The fourth-order valence-corrected chi connectivity index (χ4v) is 3.53. The molecule has 1 heterocycles. The van der Waals surface area contributed by atoms with Crippen molar-refractivity contribution in [1.29, 1.82) is 0 Å². The van der Waals surface area contributed by atoms with Crippen molar-refractivity contribution in [1.82, 2.24) is 4.90 Å². The van der Waals surface area contributed by atoms with Crippen LogP contribution in [0.15, 0.2) is 42.1 Å². The lowest BCUT2D eigenvalue weighted by molar-refractivity contribution is -0.138. The number of amides is 2. The van der Waals surface area contributed by atoms with Gasteiger partial charge in [-0.3, -0.25) is 14.5 Å². The zero-order chi connectivity index (χ0) is 20.6. The number of nitrogens with one attached hydrogen (secondary N) is 1. The van der Waals surface area contributed by atoms with Crippen LogP contribution in [0.2, 0.25) is 0 Å². The van der Waals surface area contributed by atoms with Gasteiger partial charge in [-0.1, -0.05) is 29.8 Å². The number of methoxy groups -OCH3 is 1. The number of carbonyl (C=O) groups is 2. The minimum atomic E-state index is -0.321. The Balaban J connectivity index is 2.19. The Kier molecular flexibility index (Phi) is 5.27. The molecule has 2 aromatic rings. The number of nitrogens with zero attached hydrogens (tertiary/aromatic N) is 1. The first-order valence-electron chi connectivity index (χ1n) is 9.36. The van der Waals surface area contributed by atoms with Gasteiger partial charge in [0, 0.05) is 6.04 Å². The lowest BCUT2D eigenvalue weighted by Gasteiger charge is -2.19. The highest BCUT2D eigenvalue weighted by Crippen LogP contribution is 2.35. The summed E-state index contributed by atoms with van der Waals surface area (Å²) in [6, 6.07) is 11.3. The number of hydrogen-bond donors (Lipinski definition) is 1. The molecule has 0 saturated heterocycles. The quantitative estimate of drug-likeness (QED) is 0.792. The normalized spacial score (nSPS) is 14.3. The van der Waals surface area contributed by atoms with Crippen LogP contribution >= 0.6 is 0 Å². The van der Waals surface area contributed by atoms with Crippen molar-refractivity contribution in [3.05, 3.63) is 64.3 Å². The highest BCUT2D eigenvalue weighted by atomic mass is 16.5. The van der Waals surface area contributed by atoms with Crippen LogP contribution in [-0.2, 0) is 9.59 Å². The average molecular weight is 378 g/mol. The van der Waals surface area contributed by atoms with Crippen molar-refractivity contribution in [2.75, 3.05) is 12.4 Å². The third-order valence-corrected chi connectivity index (χ3v) is 4.90. The van der Waals surface area contributed by atoms with E-state index in [-0.39, 0.29) is 23.6 Å². The van der Waals surface area contributed by atoms with Crippen LogP contribution in [-0.4, -0.2) is 29.9 Å². The molecule has 0 fully saturated rings. The van der Waals surface area contributed by atoms with Crippen molar-refractivity contribution in [2.45, 2.75) is 40.7 Å². The van der Waals surface area contributed by atoms with E-state index in [1.165, 1.54) is 4.90 Å². The highest BCUT2D eigenvalue weighted by Gasteiger charge is 2.41. The molecule has 0 bridgehead atoms. The lowest BCUT2D eigenvalue weighted by atomic mass is 9.97. The summed E-state index contributed by atoms with van der Waals surface area (Å²) in [5.74, 6) is 0.0148. The number of carbonyl (C=O) groups excluding carboxylic acids is 2. The second kappa shape index (κ2) is 7.50. The van der Waals surface area contributed by atoms with Crippen LogP contribution in [0, 0.1) is 20.8 Å². The predicted octanol–water partition coefficient (Wildman–Crippen LogP) is 4.22. The highest BCUT2D eigenvalue weighted by molar-refractivity contribution is 6.37. The number of ether oxygens (including phenoxy) is 1. The molecule has 1 aliphatic heterocycles. The van der Waals surface area contributed by atoms with Gasteiger partial charge in [0.1, 0.15) is 11.4 Å². The van der Waals surface area contributed by atoms with Crippen LogP contribution in [0.25, 0.3) is 5.57 Å². The van der Waals surface area contributed by atoms with E-state index < -0.39 is 0 Å². The van der Waals surface area contributed by atoms with Crippen LogP contribution in [0.1, 0.15) is 36.1 Å². The zero-order valence-electron chi connectivity index (χ0n) is 17.2. The Hall–Kier alpha value is -3.08. The Bertz CT molecular complexity index is 989. The van der Waals surface area contributed by atoms with Crippen molar-refractivity contribution in [3.8, 4) is 5.75 Å². The largest absolute Gasteiger partial charge is 0.495 e. The molecule has 0 radical (unpaired) electrons. The fourth-order valence-electron chi connectivity index (χ4n) is 3.53. The van der Waals surface area contributed by atoms with E-state index in [2.05, 4.69) is 5.32 Å². The summed E-state index contributed by atoms with van der Waals surface area (Å²) in [4.78, 5) is 27.6. The monoisotopic (exact) mass is 378 g/mol. The van der Waals surface area contributed by atoms with E-state index in [4.69, 9.17) is 4.74 Å². The molecule has 5 nitrogen and oxygen atoms in total. The summed E-state index contributed by atoms with van der Waals surface area (Å²) in [5, 5.41) is 3.20. The van der Waals surface area contributed by atoms with Gasteiger partial charge in [-0.15, -0.1) is 0 Å². The molecular weight excluding hydrogens is 352 g/mol. The van der Waals surface area contributed by atoms with Crippen molar-refractivity contribution in [3.63, 3.8) is 0 Å². The smallest absolute Gasteiger partial charge is 0.278 e. The average Bonchev–Trinajstić information content (AvgIpc) is 2.86. The van der Waals surface area contributed by atoms with E-state index in [1.54, 1.807) is 7.11 Å². The van der Waals surface area contributed by atoms with Gasteiger partial charge in [0.05, 0.1) is 18.4 Å². The van der Waals surface area contributed by atoms with E-state index in [1.807, 2.05) is 71.0 Å². The Morgan fingerprint density at radius 3 is 2.18 bits per heavy atom. The summed E-state index contributed by atoms with van der Waals surface area (Å²) in [6.07, 6.45) is 0. The number of rotatable bonds is 5. The first-order chi connectivity index (χ1) is 13.2. The fraction of sp³-hybridized carbons (Fsp3) is 0.304. The predicted molar refractivity (Wildman–Crippen MR) is 111 cm³/mol. The standard InChI is InChI=1S/C23H26N2O3/c1-13(2)25-22(26)20(17-9-7-14(3)11-16(17)5)21(23(25)27)24-18-12-15(4)8-10-19(18)28-6/h7-13,24H,1-6H3. The molecule has 0 aliphatic carbocycles. The summed E-state index contributed by atoms with van der Waals surface area (Å²) in [5.41, 5.74) is 5.20. The van der Waals surface area contributed by atoms with E-state index in [0.29, 0.717) is 17.0 Å². The molecule has 2 aromatic carbocycles. The molecule has 0 unspecified atom stereocenters. The molecule has 3 rings (SSSR count). The van der Waals surface area contributed by atoms with Gasteiger partial charge in [-0.05, 0) is 63.4 Å². The number of hydrogen-bond acceptors (Lipinski definition) is 4. The van der Waals surface area contributed by atoms with E-state index in [0.717, 1.165) is 22.3 Å². The SMILES string of the molecule is COc1ccc(C)cc1NC1=C(c2ccc(C)cc2C)C(=O)N(C(C)C)C1=O. The van der Waals surface area contributed by atoms with Crippen molar-refractivity contribution in [2.24, 2.45) is 0 Å². The van der Waals surface area contributed by atoms with E-state index >= 15 is 0 Å². The number of imide groups is 1. The first-order valence-corrected chi connectivity index (χ1v) is 9.36. The van der Waals surface area contributed by atoms with Crippen molar-refractivity contribution >= 4 is 23.1 Å². The molecule has 0 spiro atoms. The topological polar surface area (TPSA) is 58.6 Å². The van der Waals surface area contributed by atoms with E-state index in [9.17, 15) is 9.59 Å². The molecule has 0 saturated carbocycles. The van der Waals surface area contributed by atoms with Gasteiger partial charge in [0.25, 0.3) is 11.8 Å². The second-order valence-corrected chi connectivity index (χ2v) is 7.47. The Morgan fingerprint density at radius 1 is 0.929 bits per heavy atom. The van der Waals surface area contributed by atoms with Crippen LogP contribution in [0.4, 0.5) is 5.69 Å². The van der Waals surface area contributed by atoms with Gasteiger partial charge in [0.2, 0.25) is 0 Å². The first kappa shape index (κ1) is 19.7. The summed E-state index contributed by atoms with van der Waals surface area (Å²) in [7, 11) is 1.58. The van der Waals surface area contributed by atoms with Crippen LogP contribution < -0.4 is 10.1 Å². The molecule has 0 aromatic heterocycles. The van der Waals surface area contributed by atoms with Crippen molar-refractivity contribution < 1.29 is 14.3 Å². The molecule has 28 heavy (non-hydrogen) atoms. The van der Waals surface area contributed by atoms with Gasteiger partial charge < -0.3 is 10.1 Å². The summed E-state index contributed by atoms with van der Waals surface area (Å²) >= 11 is 0. The number of aryl methyl sites for hydroxylation is 3. The Labute approximate surface area is 166 Å². The third-order valence-electron chi connectivity index (χ3n) is 4.90. The molecule has 2 amide bonds. The summed E-state index contributed by atoms with van der Waals surface area (Å²) in [6.45, 7) is 9.60. The minimum Gasteiger partial charge on any atom is -0.495 e. The number of benzene rings is 2. The van der Waals surface area contributed by atoms with Crippen LogP contribution in [0.3, 0.4) is 0 Å². The van der Waals surface area contributed by atoms with Gasteiger partial charge in [-0.25, -0.2) is 0 Å². The zero-order valence-corrected chi connectivity index (χ0v) is 17.2. The number of anilines is 1. The molecule has 5 heteroatoms. The minimum absolute atomic E-state index is 0.237. The molecule has 1 aliphatic rings. The third kappa shape index (κ3) is 3.40. The molecule has 146 valence electrons. The molecule has 1 N–H and O–H groups in total. The lowest BCUT2D eigenvalue weighted by Crippen LogP contribution is -2.38. The second-order valence-electron chi connectivity index (χ2n) is 7.47. The van der Waals surface area contributed by atoms with Gasteiger partial charge in [0.15, 0.2) is 0 Å². The van der Waals surface area contributed by atoms with Crippen LogP contribution in [0.5, 0.6) is 5.75 Å². The van der Waals surface area contributed by atoms with Gasteiger partial charge >= 0.3 is 0 Å². The maximum atomic E-state index is 13.2.